The van der Waals surface area contributed by atoms with E-state index in [4.69, 9.17) is 19.9 Å². The first kappa shape index (κ1) is 40.9. The molecule has 0 bridgehead atoms. The van der Waals surface area contributed by atoms with Crippen molar-refractivity contribution in [2.24, 2.45) is 17.6 Å². The molecule has 278 valence electrons. The van der Waals surface area contributed by atoms with Crippen molar-refractivity contribution in [2.75, 3.05) is 20.2 Å². The van der Waals surface area contributed by atoms with Gasteiger partial charge in [-0.15, -0.1) is 0 Å². The molecule has 11 nitrogen and oxygen atoms in total. The lowest BCUT2D eigenvalue weighted by molar-refractivity contribution is -0.357. The van der Waals surface area contributed by atoms with Crippen LogP contribution in [-0.2, 0) is 14.4 Å². The van der Waals surface area contributed by atoms with E-state index in [0.717, 1.165) is 17.4 Å². The number of nitrogens with two attached hydrogens (primary N) is 1. The smallest absolute Gasteiger partial charge is 0.278 e. The van der Waals surface area contributed by atoms with E-state index in [0.29, 0.717) is 40.5 Å². The molecule has 6 N–H and O–H groups in total. The van der Waals surface area contributed by atoms with Crippen LogP contribution in [0.1, 0.15) is 98.0 Å². The molecule has 3 amide bonds. The number of methoxy groups -OCH3 is 1. The lowest BCUT2D eigenvalue weighted by Crippen LogP contribution is -2.59. The maximum atomic E-state index is 12.2. The fourth-order valence-corrected chi connectivity index (χ4v) is 6.63. The quantitative estimate of drug-likeness (QED) is 0.117. The molecule has 2 aliphatic carbocycles. The highest BCUT2D eigenvalue weighted by Gasteiger charge is 2.42. The fraction of sp³-hybridized carbons (Fsp3) is 0.632. The standard InChI is InChI=1S/C21H28N4O5.C15H25NOS.C2H6/c1-11(2)29-18-8-17(14-5-6-16(28-4)12(3)20(14)24-18)30-13-7-15(21(23)27)25(10-13)19(26)9-22;1-2-3-4-5-6-7-8-12-11-14(12)15(17)16-18-13-9-10-13;1-2/h5-6,8,11,13,15H,7,9-10,22H2,1-4H3,(H2,23,27);7-8,12-14H,2-6,9-11H2,1H3,(H,16,17);1-2H3/p+1/b;8-7-;/t13-,15?;;/m1../s1. The lowest BCUT2D eigenvalue weighted by Gasteiger charge is -2.20. The summed E-state index contributed by atoms with van der Waals surface area (Å²) in [5, 5.41) is 1.50. The van der Waals surface area contributed by atoms with E-state index in [-0.39, 0.29) is 36.9 Å². The van der Waals surface area contributed by atoms with Crippen molar-refractivity contribution in [3.8, 4) is 17.4 Å². The summed E-state index contributed by atoms with van der Waals surface area (Å²) in [6, 6.07) is 4.77. The van der Waals surface area contributed by atoms with Crippen molar-refractivity contribution in [2.45, 2.75) is 123 Å². The van der Waals surface area contributed by atoms with Gasteiger partial charge in [0.25, 0.3) is 5.91 Å². The molecule has 3 unspecified atom stereocenters. The summed E-state index contributed by atoms with van der Waals surface area (Å²) in [6.45, 7) is 12.3. The minimum Gasteiger partial charge on any atom is -0.496 e. The third-order valence-electron chi connectivity index (χ3n) is 8.75. The van der Waals surface area contributed by atoms with Crippen molar-refractivity contribution in [1.29, 1.82) is 0 Å². The molecule has 0 radical (unpaired) electrons. The van der Waals surface area contributed by atoms with Gasteiger partial charge < -0.3 is 30.6 Å². The highest BCUT2D eigenvalue weighted by Crippen LogP contribution is 2.41. The molecule has 50 heavy (non-hydrogen) atoms. The van der Waals surface area contributed by atoms with Gasteiger partial charge in [0.05, 0.1) is 25.3 Å². The maximum Gasteiger partial charge on any atom is 0.278 e. The zero-order valence-corrected chi connectivity index (χ0v) is 32.0. The van der Waals surface area contributed by atoms with Gasteiger partial charge in [-0.1, -0.05) is 52.2 Å². The number of nitrogens with zero attached hydrogens (tertiary/aromatic N) is 2. The minimum absolute atomic E-state index is 0.0556. The summed E-state index contributed by atoms with van der Waals surface area (Å²) in [5.74, 6) is 1.98. The Kier molecular flexibility index (Phi) is 16.7. The van der Waals surface area contributed by atoms with Crippen molar-refractivity contribution >= 4 is 40.6 Å². The van der Waals surface area contributed by atoms with Crippen LogP contribution in [-0.4, -0.2) is 71.3 Å². The zero-order valence-electron chi connectivity index (χ0n) is 31.2. The predicted octanol–water partition coefficient (Wildman–Crippen LogP) is 5.52. The molecule has 5 rings (SSSR count). The Hall–Kier alpha value is -3.51. The Morgan fingerprint density at radius 3 is 2.50 bits per heavy atom. The number of carbonyl (C=O) groups is 3. The molecular formula is C38H60N5O6S+. The van der Waals surface area contributed by atoms with Crippen LogP contribution in [0.4, 0.5) is 0 Å². The number of nitrogens with one attached hydrogen (secondary N) is 1. The molecular weight excluding hydrogens is 655 g/mol. The van der Waals surface area contributed by atoms with Gasteiger partial charge >= 0.3 is 0 Å². The number of primary amides is 1. The largest absolute Gasteiger partial charge is 0.496 e. The van der Waals surface area contributed by atoms with Crippen LogP contribution in [0.2, 0.25) is 0 Å². The summed E-state index contributed by atoms with van der Waals surface area (Å²) in [7, 11) is 1.61. The van der Waals surface area contributed by atoms with Crippen molar-refractivity contribution in [3.05, 3.63) is 35.9 Å². The number of aryl methyl sites for hydroxylation is 1. The van der Waals surface area contributed by atoms with Crippen LogP contribution < -0.4 is 30.4 Å². The summed E-state index contributed by atoms with van der Waals surface area (Å²) in [5.41, 5.74) is 10.7. The number of unbranched alkanes of at least 4 members (excludes halogenated alkanes) is 4. The van der Waals surface area contributed by atoms with E-state index in [1.807, 2.05) is 46.8 Å². The number of hydrogen-bond donors (Lipinski definition) is 3. The van der Waals surface area contributed by atoms with Gasteiger partial charge in [-0.3, -0.25) is 19.1 Å². The van der Waals surface area contributed by atoms with E-state index in [1.54, 1.807) is 25.1 Å². The molecule has 1 aromatic carbocycles. The summed E-state index contributed by atoms with van der Waals surface area (Å²) in [4.78, 5) is 41.9. The Labute approximate surface area is 302 Å². The number of amides is 3. The Morgan fingerprint density at radius 2 is 1.88 bits per heavy atom. The second-order valence-electron chi connectivity index (χ2n) is 13.2. The normalized spacial score (nSPS) is 20.9. The molecule has 2 heterocycles. The van der Waals surface area contributed by atoms with Gasteiger partial charge in [0, 0.05) is 34.6 Å². The molecule has 3 fully saturated rings. The fourth-order valence-electron chi connectivity index (χ4n) is 5.82. The van der Waals surface area contributed by atoms with Crippen molar-refractivity contribution < 1.29 is 34.3 Å². The van der Waals surface area contributed by atoms with Crippen molar-refractivity contribution in [1.82, 2.24) is 14.6 Å². The van der Waals surface area contributed by atoms with Crippen LogP contribution in [0.3, 0.4) is 0 Å². The number of fused-ring (bicyclic) bond motifs is 1. The van der Waals surface area contributed by atoms with E-state index in [9.17, 15) is 14.4 Å². The van der Waals surface area contributed by atoms with Gasteiger partial charge in [-0.25, -0.2) is 4.98 Å². The molecule has 12 heteroatoms. The number of hydrogen-bond acceptors (Lipinski definition) is 8. The predicted molar refractivity (Wildman–Crippen MR) is 200 cm³/mol. The maximum absolute atomic E-state index is 12.2. The molecule has 1 aliphatic heterocycles. The van der Waals surface area contributed by atoms with Gasteiger partial charge in [0.1, 0.15) is 23.6 Å². The average molecular weight is 715 g/mol. The second-order valence-corrected chi connectivity index (χ2v) is 14.3. The highest BCUT2D eigenvalue weighted by molar-refractivity contribution is 7.98. The van der Waals surface area contributed by atoms with E-state index in [2.05, 4.69) is 34.5 Å². The first-order valence-electron chi connectivity index (χ1n) is 18.4. The minimum atomic E-state index is -0.703. The number of likely N-dealkylation sites (tertiary alicyclic amines) is 1. The van der Waals surface area contributed by atoms with E-state index >= 15 is 0 Å². The Bertz CT molecular complexity index is 1450. The van der Waals surface area contributed by atoms with Gasteiger partial charge in [0.2, 0.25) is 17.7 Å². The van der Waals surface area contributed by atoms with Crippen LogP contribution in [0.5, 0.6) is 17.4 Å². The third-order valence-corrected chi connectivity index (χ3v) is 9.88. The second kappa shape index (κ2) is 20.4. The summed E-state index contributed by atoms with van der Waals surface area (Å²) in [6.07, 6.45) is 14.5. The molecule has 2 saturated carbocycles. The molecule has 4 atom stereocenters. The molecule has 3 aliphatic rings. The number of benzene rings is 1. The monoisotopic (exact) mass is 714 g/mol. The van der Waals surface area contributed by atoms with Crippen LogP contribution >= 0.6 is 11.9 Å². The van der Waals surface area contributed by atoms with E-state index in [1.165, 1.54) is 49.8 Å². The van der Waals surface area contributed by atoms with Crippen LogP contribution in [0, 0.1) is 18.8 Å². The van der Waals surface area contributed by atoms with Gasteiger partial charge in [-0.2, -0.15) is 0 Å². The first-order valence-corrected chi connectivity index (χ1v) is 19.3. The number of ether oxygens (including phenoxy) is 3. The SMILES string of the molecule is CC.CCCCCC/C=C\C1CC1C(=O)NSC1CC1.COc1ccc2c(O[C@@H]3CC(C(N)=O)N(C(=O)C[NH3+])C3)cc(OC(C)C)nc2c1C. The molecule has 2 aromatic rings. The number of allylic oxidation sites excluding steroid dienone is 2. The number of pyridine rings is 1. The zero-order chi connectivity index (χ0) is 36.8. The number of carbonyl (C=O) groups excluding carboxylic acids is 3. The topological polar surface area (TPSA) is 161 Å². The van der Waals surface area contributed by atoms with Gasteiger partial charge in [0.15, 0.2) is 6.54 Å². The van der Waals surface area contributed by atoms with Crippen LogP contribution in [0.15, 0.2) is 30.4 Å². The van der Waals surface area contributed by atoms with Crippen LogP contribution in [0.25, 0.3) is 10.9 Å². The number of aromatic nitrogens is 1. The lowest BCUT2D eigenvalue weighted by atomic mass is 10.1. The van der Waals surface area contributed by atoms with Gasteiger partial charge in [-0.05, 0) is 82.9 Å². The molecule has 0 spiro atoms. The molecule has 1 saturated heterocycles. The first-order chi connectivity index (χ1) is 24.1. The van der Waals surface area contributed by atoms with E-state index < -0.39 is 18.1 Å². The third kappa shape index (κ3) is 12.1. The summed E-state index contributed by atoms with van der Waals surface area (Å²) < 4.78 is 20.5. The highest BCUT2D eigenvalue weighted by atomic mass is 32.2. The summed E-state index contributed by atoms with van der Waals surface area (Å²) >= 11 is 1.63. The average Bonchev–Trinajstić information content (AvgIpc) is 4.04. The van der Waals surface area contributed by atoms with Crippen molar-refractivity contribution in [3.63, 3.8) is 0 Å². The number of quaternary nitrogens is 1. The molecule has 1 aromatic heterocycles. The Balaban J connectivity index is 0.000000288. The Morgan fingerprint density at radius 1 is 1.14 bits per heavy atom. The number of rotatable bonds is 16.